The van der Waals surface area contributed by atoms with Crippen LogP contribution in [0.1, 0.15) is 5.56 Å². The molecule has 0 aliphatic carbocycles. The maximum absolute atomic E-state index is 8.81. The van der Waals surface area contributed by atoms with Gasteiger partial charge in [-0.25, -0.2) is 4.98 Å². The van der Waals surface area contributed by atoms with Crippen molar-refractivity contribution in [1.29, 1.82) is 5.26 Å². The van der Waals surface area contributed by atoms with Gasteiger partial charge in [0.05, 0.1) is 20.9 Å². The van der Waals surface area contributed by atoms with Crippen LogP contribution in [0.5, 0.6) is 11.6 Å². The van der Waals surface area contributed by atoms with E-state index < -0.39 is 0 Å². The Kier molecular flexibility index (Phi) is 3.44. The fourth-order valence-electron chi connectivity index (χ4n) is 1.30. The van der Waals surface area contributed by atoms with Crippen molar-refractivity contribution >= 4 is 28.3 Å². The smallest absolute Gasteiger partial charge is 0.219 e. The van der Waals surface area contributed by atoms with Crippen molar-refractivity contribution in [3.05, 3.63) is 45.7 Å². The fraction of sp³-hybridized carbons (Fsp3) is 0. The van der Waals surface area contributed by atoms with Crippen LogP contribution in [0, 0.1) is 14.9 Å². The van der Waals surface area contributed by atoms with Crippen molar-refractivity contribution in [2.45, 2.75) is 0 Å². The summed E-state index contributed by atoms with van der Waals surface area (Å²) in [5, 5.41) is 8.81. The highest BCUT2D eigenvalue weighted by Gasteiger charge is 2.09. The number of anilines is 1. The zero-order valence-electron chi connectivity index (χ0n) is 8.72. The number of hydrogen-bond donors (Lipinski definition) is 1. The van der Waals surface area contributed by atoms with Gasteiger partial charge in [0.15, 0.2) is 5.75 Å². The molecule has 1 aromatic carbocycles. The number of ether oxygens (including phenoxy) is 1. The van der Waals surface area contributed by atoms with Crippen LogP contribution in [0.3, 0.4) is 0 Å². The van der Waals surface area contributed by atoms with E-state index in [4.69, 9.17) is 15.7 Å². The van der Waals surface area contributed by atoms with Gasteiger partial charge in [0.25, 0.3) is 0 Å². The first-order valence-electron chi connectivity index (χ1n) is 4.78. The van der Waals surface area contributed by atoms with E-state index in [1.54, 1.807) is 30.5 Å². The van der Waals surface area contributed by atoms with Gasteiger partial charge in [-0.05, 0) is 40.8 Å². The Labute approximate surface area is 112 Å². The van der Waals surface area contributed by atoms with E-state index in [-0.39, 0.29) is 0 Å². The maximum Gasteiger partial charge on any atom is 0.219 e. The molecule has 0 aliphatic rings. The van der Waals surface area contributed by atoms with Gasteiger partial charge < -0.3 is 10.5 Å². The van der Waals surface area contributed by atoms with Crippen LogP contribution in [0.25, 0.3) is 0 Å². The lowest BCUT2D eigenvalue weighted by Gasteiger charge is -2.09. The molecule has 2 aromatic rings. The van der Waals surface area contributed by atoms with Gasteiger partial charge >= 0.3 is 0 Å². The molecular formula is C12H8IN3O. The van der Waals surface area contributed by atoms with Crippen molar-refractivity contribution in [2.75, 3.05) is 5.73 Å². The molecular weight excluding hydrogens is 329 g/mol. The zero-order valence-corrected chi connectivity index (χ0v) is 10.9. The predicted octanol–water partition coefficient (Wildman–Crippen LogP) is 2.93. The van der Waals surface area contributed by atoms with Crippen LogP contribution in [-0.2, 0) is 0 Å². The van der Waals surface area contributed by atoms with Crippen LogP contribution in [-0.4, -0.2) is 4.98 Å². The first-order valence-corrected chi connectivity index (χ1v) is 5.86. The highest BCUT2D eigenvalue weighted by molar-refractivity contribution is 14.1. The molecule has 0 spiro atoms. The average molecular weight is 337 g/mol. The van der Waals surface area contributed by atoms with Gasteiger partial charge in [-0.3, -0.25) is 0 Å². The Morgan fingerprint density at radius 2 is 2.18 bits per heavy atom. The second-order valence-corrected chi connectivity index (χ2v) is 4.42. The summed E-state index contributed by atoms with van der Waals surface area (Å²) in [7, 11) is 0. The molecule has 1 heterocycles. The zero-order chi connectivity index (χ0) is 12.3. The molecule has 17 heavy (non-hydrogen) atoms. The molecule has 2 rings (SSSR count). The number of halogens is 1. The van der Waals surface area contributed by atoms with Crippen molar-refractivity contribution in [3.8, 4) is 17.7 Å². The highest BCUT2D eigenvalue weighted by atomic mass is 127. The molecule has 0 atom stereocenters. The van der Waals surface area contributed by atoms with E-state index in [9.17, 15) is 0 Å². The summed E-state index contributed by atoms with van der Waals surface area (Å²) in [5.41, 5.74) is 6.78. The summed E-state index contributed by atoms with van der Waals surface area (Å²) in [6, 6.07) is 10.7. The molecule has 2 N–H and O–H groups in total. The molecule has 5 heteroatoms. The molecule has 0 aliphatic heterocycles. The molecule has 4 nitrogen and oxygen atoms in total. The van der Waals surface area contributed by atoms with Crippen molar-refractivity contribution in [3.63, 3.8) is 0 Å². The lowest BCUT2D eigenvalue weighted by Crippen LogP contribution is -1.97. The summed E-state index contributed by atoms with van der Waals surface area (Å²) in [6.45, 7) is 0. The molecule has 0 saturated heterocycles. The number of aromatic nitrogens is 1. The van der Waals surface area contributed by atoms with Gasteiger partial charge in [0, 0.05) is 12.3 Å². The number of benzene rings is 1. The van der Waals surface area contributed by atoms with E-state index in [2.05, 4.69) is 27.6 Å². The molecule has 1 aromatic heterocycles. The Balaban J connectivity index is 2.38. The molecule has 0 unspecified atom stereocenters. The van der Waals surface area contributed by atoms with Crippen LogP contribution in [0.2, 0.25) is 0 Å². The van der Waals surface area contributed by atoms with Crippen molar-refractivity contribution in [1.82, 2.24) is 4.98 Å². The summed E-state index contributed by atoms with van der Waals surface area (Å²) >= 11 is 2.08. The van der Waals surface area contributed by atoms with Gasteiger partial charge in [-0.2, -0.15) is 5.26 Å². The topological polar surface area (TPSA) is 71.9 Å². The SMILES string of the molecule is N#Cc1cc(N)c(Oc2ccccn2)c(I)c1. The molecule has 0 saturated carbocycles. The third kappa shape index (κ3) is 2.65. The van der Waals surface area contributed by atoms with Gasteiger partial charge in [-0.1, -0.05) is 6.07 Å². The van der Waals surface area contributed by atoms with Crippen LogP contribution < -0.4 is 10.5 Å². The second-order valence-electron chi connectivity index (χ2n) is 3.26. The third-order valence-corrected chi connectivity index (χ3v) is 2.85. The highest BCUT2D eigenvalue weighted by Crippen LogP contribution is 2.32. The lowest BCUT2D eigenvalue weighted by molar-refractivity contribution is 0.462. The first kappa shape index (κ1) is 11.7. The minimum absolute atomic E-state index is 0.430. The van der Waals surface area contributed by atoms with Gasteiger partial charge in [0.1, 0.15) is 0 Å². The maximum atomic E-state index is 8.81. The normalized spacial score (nSPS) is 9.65. The van der Waals surface area contributed by atoms with E-state index in [0.717, 1.165) is 3.57 Å². The molecule has 0 bridgehead atoms. The van der Waals surface area contributed by atoms with E-state index >= 15 is 0 Å². The largest absolute Gasteiger partial charge is 0.436 e. The number of rotatable bonds is 2. The Hall–Kier alpha value is -1.81. The molecule has 0 fully saturated rings. The molecule has 0 radical (unpaired) electrons. The monoisotopic (exact) mass is 337 g/mol. The van der Waals surface area contributed by atoms with Crippen LogP contribution in [0.15, 0.2) is 36.5 Å². The minimum atomic E-state index is 0.430. The summed E-state index contributed by atoms with van der Waals surface area (Å²) in [4.78, 5) is 4.05. The van der Waals surface area contributed by atoms with E-state index in [1.165, 1.54) is 0 Å². The Bertz CT molecular complexity index is 555. The van der Waals surface area contributed by atoms with E-state index in [1.807, 2.05) is 12.1 Å². The van der Waals surface area contributed by atoms with Crippen LogP contribution >= 0.6 is 22.6 Å². The van der Waals surface area contributed by atoms with Crippen molar-refractivity contribution in [2.24, 2.45) is 0 Å². The Morgan fingerprint density at radius 1 is 1.35 bits per heavy atom. The van der Waals surface area contributed by atoms with E-state index in [0.29, 0.717) is 22.9 Å². The number of nitrogen functional groups attached to an aromatic ring is 1. The lowest BCUT2D eigenvalue weighted by atomic mass is 10.2. The second kappa shape index (κ2) is 5.01. The first-order chi connectivity index (χ1) is 8.20. The standard InChI is InChI=1S/C12H8IN3O/c13-9-5-8(7-14)6-10(15)12(9)17-11-3-1-2-4-16-11/h1-6H,15H2. The van der Waals surface area contributed by atoms with Gasteiger partial charge in [0.2, 0.25) is 5.88 Å². The number of nitrogens with zero attached hydrogens (tertiary/aromatic N) is 2. The van der Waals surface area contributed by atoms with Crippen molar-refractivity contribution < 1.29 is 4.74 Å². The molecule has 0 amide bonds. The minimum Gasteiger partial charge on any atom is -0.436 e. The number of nitriles is 1. The van der Waals surface area contributed by atoms with Crippen LogP contribution in [0.4, 0.5) is 5.69 Å². The number of nitrogens with two attached hydrogens (primary N) is 1. The third-order valence-electron chi connectivity index (χ3n) is 2.05. The molecule has 84 valence electrons. The fourth-order valence-corrected chi connectivity index (χ4v) is 2.06. The summed E-state index contributed by atoms with van der Waals surface area (Å²) < 4.78 is 6.37. The Morgan fingerprint density at radius 3 is 2.76 bits per heavy atom. The predicted molar refractivity (Wildman–Crippen MR) is 72.6 cm³/mol. The summed E-state index contributed by atoms with van der Waals surface area (Å²) in [6.07, 6.45) is 1.64. The average Bonchev–Trinajstić information content (AvgIpc) is 2.35. The number of hydrogen-bond acceptors (Lipinski definition) is 4. The number of pyridine rings is 1. The van der Waals surface area contributed by atoms with Gasteiger partial charge in [-0.15, -0.1) is 0 Å². The summed E-state index contributed by atoms with van der Waals surface area (Å²) in [5.74, 6) is 1.00. The quantitative estimate of drug-likeness (QED) is 0.676.